The van der Waals surface area contributed by atoms with Gasteiger partial charge in [-0.25, -0.2) is 0 Å². The fraction of sp³-hybridized carbons (Fsp3) is 0.667. The summed E-state index contributed by atoms with van der Waals surface area (Å²) in [6, 6.07) is 7.65. The first kappa shape index (κ1) is 13.9. The summed E-state index contributed by atoms with van der Waals surface area (Å²) in [6.45, 7) is 9.07. The largest absolute Gasteiger partial charge is 0.365 e. The van der Waals surface area contributed by atoms with E-state index in [1.807, 2.05) is 0 Å². The van der Waals surface area contributed by atoms with E-state index in [0.717, 1.165) is 6.54 Å². The molecule has 2 heteroatoms. The Morgan fingerprint density at radius 1 is 1.15 bits per heavy atom. The van der Waals surface area contributed by atoms with E-state index in [9.17, 15) is 0 Å². The number of aryl methyl sites for hydroxylation is 2. The fourth-order valence-electron chi connectivity index (χ4n) is 4.13. The van der Waals surface area contributed by atoms with Gasteiger partial charge in [0.05, 0.1) is 0 Å². The van der Waals surface area contributed by atoms with Crippen molar-refractivity contribution in [2.24, 2.45) is 0 Å². The molecule has 0 radical (unpaired) electrons. The summed E-state index contributed by atoms with van der Waals surface area (Å²) in [6.07, 6.45) is 6.71. The predicted molar refractivity (Wildman–Crippen MR) is 86.5 cm³/mol. The van der Waals surface area contributed by atoms with Crippen LogP contribution >= 0.6 is 0 Å². The Morgan fingerprint density at radius 2 is 1.80 bits per heavy atom. The molecule has 1 aliphatic heterocycles. The summed E-state index contributed by atoms with van der Waals surface area (Å²) in [7, 11) is 0. The highest BCUT2D eigenvalue weighted by Crippen LogP contribution is 2.36. The second-order valence-corrected chi connectivity index (χ2v) is 6.90. The summed E-state index contributed by atoms with van der Waals surface area (Å²) in [4.78, 5) is 2.68. The van der Waals surface area contributed by atoms with Crippen LogP contribution in [0.4, 0.5) is 5.69 Å². The van der Waals surface area contributed by atoms with Gasteiger partial charge < -0.3 is 10.2 Å². The molecule has 3 rings (SSSR count). The molecular weight excluding hydrogens is 244 g/mol. The van der Waals surface area contributed by atoms with Crippen molar-refractivity contribution < 1.29 is 0 Å². The maximum atomic E-state index is 3.88. The molecule has 110 valence electrons. The normalized spacial score (nSPS) is 25.4. The Labute approximate surface area is 123 Å². The van der Waals surface area contributed by atoms with Crippen molar-refractivity contribution in [3.05, 3.63) is 29.3 Å². The Balaban J connectivity index is 1.90. The zero-order chi connectivity index (χ0) is 14.2. The molecule has 1 atom stereocenters. The number of benzene rings is 1. The van der Waals surface area contributed by atoms with Gasteiger partial charge in [-0.05, 0) is 56.4 Å². The first-order valence-corrected chi connectivity index (χ1v) is 8.22. The number of hydrogen-bond acceptors (Lipinski definition) is 2. The fourth-order valence-corrected chi connectivity index (χ4v) is 4.13. The van der Waals surface area contributed by atoms with Crippen molar-refractivity contribution in [3.63, 3.8) is 0 Å². The highest BCUT2D eigenvalue weighted by Gasteiger charge is 2.40. The number of rotatable bonds is 2. The average Bonchev–Trinajstić information content (AvgIpc) is 2.86. The van der Waals surface area contributed by atoms with Crippen LogP contribution in [0.2, 0.25) is 0 Å². The van der Waals surface area contributed by atoms with E-state index in [-0.39, 0.29) is 0 Å². The zero-order valence-electron chi connectivity index (χ0n) is 13.2. The first-order chi connectivity index (χ1) is 9.62. The molecule has 20 heavy (non-hydrogen) atoms. The van der Waals surface area contributed by atoms with E-state index in [1.54, 1.807) is 0 Å². The maximum Gasteiger partial charge on any atom is 0.0412 e. The van der Waals surface area contributed by atoms with E-state index >= 15 is 0 Å². The topological polar surface area (TPSA) is 15.3 Å². The summed E-state index contributed by atoms with van der Waals surface area (Å²) in [5.74, 6) is 0. The lowest BCUT2D eigenvalue weighted by Gasteiger charge is -2.47. The van der Waals surface area contributed by atoms with Gasteiger partial charge in [-0.3, -0.25) is 0 Å². The molecule has 1 aromatic carbocycles. The summed E-state index contributed by atoms with van der Waals surface area (Å²) in [5, 5.41) is 3.88. The molecule has 1 spiro atoms. The van der Waals surface area contributed by atoms with E-state index in [2.05, 4.69) is 49.2 Å². The van der Waals surface area contributed by atoms with Gasteiger partial charge in [-0.2, -0.15) is 0 Å². The molecule has 1 N–H and O–H groups in total. The minimum atomic E-state index is 0.392. The molecule has 2 fully saturated rings. The van der Waals surface area contributed by atoms with Gasteiger partial charge in [0.2, 0.25) is 0 Å². The number of hydrogen-bond donors (Lipinski definition) is 1. The number of nitrogens with zero attached hydrogens (tertiary/aromatic N) is 1. The molecule has 1 aromatic rings. The van der Waals surface area contributed by atoms with Crippen molar-refractivity contribution >= 4 is 5.69 Å². The highest BCUT2D eigenvalue weighted by molar-refractivity contribution is 5.53. The van der Waals surface area contributed by atoms with Gasteiger partial charge in [0.1, 0.15) is 0 Å². The summed E-state index contributed by atoms with van der Waals surface area (Å²) >= 11 is 0. The third-order valence-electron chi connectivity index (χ3n) is 5.20. The van der Waals surface area contributed by atoms with Gasteiger partial charge in [0.15, 0.2) is 0 Å². The van der Waals surface area contributed by atoms with Crippen LogP contribution in [0.25, 0.3) is 0 Å². The summed E-state index contributed by atoms with van der Waals surface area (Å²) in [5.41, 5.74) is 4.59. The van der Waals surface area contributed by atoms with Crippen LogP contribution in [0, 0.1) is 13.8 Å². The molecule has 1 unspecified atom stereocenters. The highest BCUT2D eigenvalue weighted by atomic mass is 15.3. The molecule has 0 bridgehead atoms. The lowest BCUT2D eigenvalue weighted by atomic mass is 9.91. The summed E-state index contributed by atoms with van der Waals surface area (Å²) < 4.78 is 0. The lowest BCUT2D eigenvalue weighted by molar-refractivity contribution is 0.267. The van der Waals surface area contributed by atoms with Gasteiger partial charge in [-0.1, -0.05) is 25.8 Å². The Bertz CT molecular complexity index is 454. The predicted octanol–water partition coefficient (Wildman–Crippen LogP) is 3.80. The van der Waals surface area contributed by atoms with Gasteiger partial charge in [0.25, 0.3) is 0 Å². The van der Waals surface area contributed by atoms with Crippen molar-refractivity contribution in [2.45, 2.75) is 64.5 Å². The maximum absolute atomic E-state index is 3.88. The SMILES string of the molecule is CCC1CNC2(CCCC2)CN1c1cc(C)cc(C)c1. The van der Waals surface area contributed by atoms with Gasteiger partial charge >= 0.3 is 0 Å². The standard InChI is InChI=1S/C18H28N2/c1-4-16-12-19-18(7-5-6-8-18)13-20(16)17-10-14(2)9-15(3)11-17/h9-11,16,19H,4-8,12-13H2,1-3H3. The van der Waals surface area contributed by atoms with Crippen LogP contribution in [0.1, 0.15) is 50.2 Å². The van der Waals surface area contributed by atoms with Crippen LogP contribution in [0.3, 0.4) is 0 Å². The second-order valence-electron chi connectivity index (χ2n) is 6.90. The second kappa shape index (κ2) is 5.40. The van der Waals surface area contributed by atoms with E-state index in [0.29, 0.717) is 11.6 Å². The van der Waals surface area contributed by atoms with Crippen LogP contribution in [-0.2, 0) is 0 Å². The Kier molecular flexibility index (Phi) is 3.76. The molecule has 1 saturated carbocycles. The minimum absolute atomic E-state index is 0.392. The Morgan fingerprint density at radius 3 is 2.40 bits per heavy atom. The first-order valence-electron chi connectivity index (χ1n) is 8.22. The van der Waals surface area contributed by atoms with Crippen LogP contribution in [0.15, 0.2) is 18.2 Å². The van der Waals surface area contributed by atoms with Crippen molar-refractivity contribution in [1.29, 1.82) is 0 Å². The third kappa shape index (κ3) is 2.58. The monoisotopic (exact) mass is 272 g/mol. The molecule has 1 heterocycles. The number of anilines is 1. The smallest absolute Gasteiger partial charge is 0.0412 e. The van der Waals surface area contributed by atoms with Crippen LogP contribution in [-0.4, -0.2) is 24.7 Å². The van der Waals surface area contributed by atoms with Crippen molar-refractivity contribution in [1.82, 2.24) is 5.32 Å². The third-order valence-corrected chi connectivity index (χ3v) is 5.20. The van der Waals surface area contributed by atoms with Crippen molar-refractivity contribution in [3.8, 4) is 0 Å². The minimum Gasteiger partial charge on any atom is -0.365 e. The molecule has 2 aliphatic rings. The molecule has 1 saturated heterocycles. The quantitative estimate of drug-likeness (QED) is 0.881. The molecule has 1 aliphatic carbocycles. The molecule has 2 nitrogen and oxygen atoms in total. The molecular formula is C18H28N2. The lowest BCUT2D eigenvalue weighted by Crippen LogP contribution is -2.63. The Hall–Kier alpha value is -1.02. The number of piperazine rings is 1. The molecule has 0 aromatic heterocycles. The van der Waals surface area contributed by atoms with E-state index in [4.69, 9.17) is 0 Å². The molecule has 0 amide bonds. The van der Waals surface area contributed by atoms with Crippen molar-refractivity contribution in [2.75, 3.05) is 18.0 Å². The van der Waals surface area contributed by atoms with E-state index < -0.39 is 0 Å². The van der Waals surface area contributed by atoms with Crippen LogP contribution in [0.5, 0.6) is 0 Å². The average molecular weight is 272 g/mol. The zero-order valence-corrected chi connectivity index (χ0v) is 13.2. The van der Waals surface area contributed by atoms with Gasteiger partial charge in [-0.15, -0.1) is 0 Å². The number of nitrogens with one attached hydrogen (secondary N) is 1. The van der Waals surface area contributed by atoms with Crippen LogP contribution < -0.4 is 10.2 Å². The van der Waals surface area contributed by atoms with E-state index in [1.165, 1.54) is 55.5 Å². The van der Waals surface area contributed by atoms with Gasteiger partial charge in [0, 0.05) is 30.4 Å².